The van der Waals surface area contributed by atoms with Gasteiger partial charge in [0.1, 0.15) is 0 Å². The summed E-state index contributed by atoms with van der Waals surface area (Å²) in [4.78, 5) is 0. The molecule has 2 atom stereocenters. The van der Waals surface area contributed by atoms with Gasteiger partial charge in [-0.25, -0.2) is 0 Å². The first-order chi connectivity index (χ1) is 5.65. The van der Waals surface area contributed by atoms with Crippen LogP contribution in [0.3, 0.4) is 0 Å². The van der Waals surface area contributed by atoms with Crippen LogP contribution in [0.1, 0.15) is 40.0 Å². The number of rotatable bonds is 1. The minimum atomic E-state index is 0.659. The lowest BCUT2D eigenvalue weighted by molar-refractivity contribution is 0.139. The van der Waals surface area contributed by atoms with Crippen molar-refractivity contribution in [3.63, 3.8) is 0 Å². The van der Waals surface area contributed by atoms with E-state index in [4.69, 9.17) is 5.26 Å². The lowest BCUT2D eigenvalue weighted by Crippen LogP contribution is -2.28. The van der Waals surface area contributed by atoms with E-state index in [1.807, 2.05) is 0 Å². The highest BCUT2D eigenvalue weighted by molar-refractivity contribution is 4.86. The fourth-order valence-electron chi connectivity index (χ4n) is 2.78. The summed E-state index contributed by atoms with van der Waals surface area (Å²) in [5.74, 6) is 3.03. The molecular formula is C11H19N. The molecular weight excluding hydrogens is 146 g/mol. The molecule has 0 aromatic heterocycles. The van der Waals surface area contributed by atoms with Crippen molar-refractivity contribution in [2.75, 3.05) is 0 Å². The zero-order valence-electron chi connectivity index (χ0n) is 8.38. The molecule has 0 amide bonds. The van der Waals surface area contributed by atoms with Crippen molar-refractivity contribution in [1.82, 2.24) is 0 Å². The van der Waals surface area contributed by atoms with Crippen LogP contribution in [0.15, 0.2) is 0 Å². The molecule has 68 valence electrons. The molecule has 1 saturated carbocycles. The second-order valence-electron chi connectivity index (χ2n) is 4.56. The predicted molar refractivity (Wildman–Crippen MR) is 50.4 cm³/mol. The van der Waals surface area contributed by atoms with E-state index in [9.17, 15) is 0 Å². The zero-order valence-corrected chi connectivity index (χ0v) is 8.38. The average Bonchev–Trinajstić information content (AvgIpc) is 1.96. The van der Waals surface area contributed by atoms with Crippen molar-refractivity contribution < 1.29 is 0 Å². The maximum absolute atomic E-state index is 8.67. The van der Waals surface area contributed by atoms with Crippen LogP contribution in [0, 0.1) is 35.0 Å². The van der Waals surface area contributed by atoms with E-state index in [0.717, 1.165) is 24.2 Å². The van der Waals surface area contributed by atoms with E-state index in [2.05, 4.69) is 26.8 Å². The van der Waals surface area contributed by atoms with Crippen molar-refractivity contribution in [3.05, 3.63) is 0 Å². The van der Waals surface area contributed by atoms with Gasteiger partial charge in [0.15, 0.2) is 0 Å². The van der Waals surface area contributed by atoms with Gasteiger partial charge in [-0.3, -0.25) is 0 Å². The molecule has 0 aromatic carbocycles. The standard InChI is InChI=1S/C11H19N/c1-8-6-9(2)11(4-5-12)10(3)7-8/h8-11H,4,6-7H2,1-3H3. The Morgan fingerprint density at radius 3 is 2.08 bits per heavy atom. The van der Waals surface area contributed by atoms with Gasteiger partial charge in [-0.2, -0.15) is 5.26 Å². The fourth-order valence-corrected chi connectivity index (χ4v) is 2.78. The van der Waals surface area contributed by atoms with Gasteiger partial charge in [-0.05, 0) is 36.5 Å². The summed E-state index contributed by atoms with van der Waals surface area (Å²) in [5, 5.41) is 8.67. The highest BCUT2D eigenvalue weighted by Crippen LogP contribution is 2.39. The largest absolute Gasteiger partial charge is 0.198 e. The van der Waals surface area contributed by atoms with Gasteiger partial charge >= 0.3 is 0 Å². The third kappa shape index (κ3) is 2.00. The highest BCUT2D eigenvalue weighted by atomic mass is 14.4. The molecule has 0 radical (unpaired) electrons. The molecule has 1 fully saturated rings. The van der Waals surface area contributed by atoms with Crippen molar-refractivity contribution in [3.8, 4) is 6.07 Å². The van der Waals surface area contributed by atoms with Gasteiger partial charge < -0.3 is 0 Å². The molecule has 0 bridgehead atoms. The second-order valence-corrected chi connectivity index (χ2v) is 4.56. The summed E-state index contributed by atoms with van der Waals surface area (Å²) in [6.45, 7) is 6.93. The van der Waals surface area contributed by atoms with Crippen LogP contribution in [0.25, 0.3) is 0 Å². The molecule has 2 unspecified atom stereocenters. The monoisotopic (exact) mass is 165 g/mol. The molecule has 0 spiro atoms. The number of hydrogen-bond donors (Lipinski definition) is 0. The van der Waals surface area contributed by atoms with Crippen molar-refractivity contribution in [2.24, 2.45) is 23.7 Å². The molecule has 0 N–H and O–H groups in total. The normalized spacial score (nSPS) is 42.2. The van der Waals surface area contributed by atoms with E-state index in [-0.39, 0.29) is 0 Å². The third-order valence-electron chi connectivity index (χ3n) is 3.34. The van der Waals surface area contributed by atoms with Crippen molar-refractivity contribution >= 4 is 0 Å². The first kappa shape index (κ1) is 9.58. The molecule has 1 nitrogen and oxygen atoms in total. The molecule has 0 aromatic rings. The lowest BCUT2D eigenvalue weighted by atomic mass is 9.68. The second kappa shape index (κ2) is 3.94. The lowest BCUT2D eigenvalue weighted by Gasteiger charge is -2.36. The van der Waals surface area contributed by atoms with Crippen LogP contribution >= 0.6 is 0 Å². The van der Waals surface area contributed by atoms with E-state index >= 15 is 0 Å². The first-order valence-electron chi connectivity index (χ1n) is 5.02. The number of nitrogens with zero attached hydrogens (tertiary/aromatic N) is 1. The minimum Gasteiger partial charge on any atom is -0.198 e. The maximum Gasteiger partial charge on any atom is 0.0624 e. The van der Waals surface area contributed by atoms with Gasteiger partial charge in [-0.15, -0.1) is 0 Å². The Hall–Kier alpha value is -0.510. The average molecular weight is 165 g/mol. The molecule has 0 heterocycles. The molecule has 1 aliphatic rings. The smallest absolute Gasteiger partial charge is 0.0624 e. The topological polar surface area (TPSA) is 23.8 Å². The molecule has 1 aliphatic carbocycles. The molecule has 0 aliphatic heterocycles. The van der Waals surface area contributed by atoms with Crippen LogP contribution in [-0.4, -0.2) is 0 Å². The number of hydrogen-bond acceptors (Lipinski definition) is 1. The Morgan fingerprint density at radius 2 is 1.67 bits per heavy atom. The Kier molecular flexibility index (Phi) is 3.14. The van der Waals surface area contributed by atoms with Crippen molar-refractivity contribution in [1.29, 1.82) is 5.26 Å². The summed E-state index contributed by atoms with van der Waals surface area (Å²) in [7, 11) is 0. The zero-order chi connectivity index (χ0) is 9.14. The van der Waals surface area contributed by atoms with Crippen molar-refractivity contribution in [2.45, 2.75) is 40.0 Å². The molecule has 0 saturated heterocycles. The van der Waals surface area contributed by atoms with Crippen LogP contribution in [0.5, 0.6) is 0 Å². The Bertz CT molecular complexity index is 168. The minimum absolute atomic E-state index is 0.659. The Labute approximate surface area is 75.8 Å². The van der Waals surface area contributed by atoms with Gasteiger partial charge in [-0.1, -0.05) is 20.8 Å². The predicted octanol–water partition coefficient (Wildman–Crippen LogP) is 3.22. The summed E-state index contributed by atoms with van der Waals surface area (Å²) in [5.41, 5.74) is 0. The van der Waals surface area contributed by atoms with Gasteiger partial charge in [0.05, 0.1) is 6.07 Å². The summed E-state index contributed by atoms with van der Waals surface area (Å²) < 4.78 is 0. The van der Waals surface area contributed by atoms with E-state index in [1.54, 1.807) is 0 Å². The fraction of sp³-hybridized carbons (Fsp3) is 0.909. The van der Waals surface area contributed by atoms with Gasteiger partial charge in [0.2, 0.25) is 0 Å². The SMILES string of the molecule is CC1CC(C)C(CC#N)C(C)C1. The summed E-state index contributed by atoms with van der Waals surface area (Å²) in [6, 6.07) is 2.31. The first-order valence-corrected chi connectivity index (χ1v) is 5.02. The maximum atomic E-state index is 8.67. The molecule has 1 heteroatoms. The highest BCUT2D eigenvalue weighted by Gasteiger charge is 2.30. The number of nitriles is 1. The van der Waals surface area contributed by atoms with Gasteiger partial charge in [0.25, 0.3) is 0 Å². The van der Waals surface area contributed by atoms with Crippen LogP contribution in [0.2, 0.25) is 0 Å². The van der Waals surface area contributed by atoms with Crippen LogP contribution < -0.4 is 0 Å². The molecule has 1 rings (SSSR count). The van der Waals surface area contributed by atoms with E-state index in [0.29, 0.717) is 5.92 Å². The van der Waals surface area contributed by atoms with Gasteiger partial charge in [0, 0.05) is 6.42 Å². The quantitative estimate of drug-likeness (QED) is 0.585. The third-order valence-corrected chi connectivity index (χ3v) is 3.34. The molecule has 12 heavy (non-hydrogen) atoms. The van der Waals surface area contributed by atoms with E-state index < -0.39 is 0 Å². The Morgan fingerprint density at radius 1 is 1.17 bits per heavy atom. The van der Waals surface area contributed by atoms with Crippen LogP contribution in [0.4, 0.5) is 0 Å². The summed E-state index contributed by atoms with van der Waals surface area (Å²) in [6.07, 6.45) is 3.39. The van der Waals surface area contributed by atoms with E-state index in [1.165, 1.54) is 12.8 Å². The Balaban J connectivity index is 2.55. The van der Waals surface area contributed by atoms with Crippen LogP contribution in [-0.2, 0) is 0 Å². The summed E-state index contributed by atoms with van der Waals surface area (Å²) >= 11 is 0.